The largest absolute Gasteiger partial charge is 0.493 e. The molecule has 1 aliphatic heterocycles. The molecule has 0 aliphatic carbocycles. The summed E-state index contributed by atoms with van der Waals surface area (Å²) in [6, 6.07) is 8.26. The molecule has 0 radical (unpaired) electrons. The Bertz CT molecular complexity index is 1350. The fourth-order valence-corrected chi connectivity index (χ4v) is 4.75. The van der Waals surface area contributed by atoms with Crippen molar-refractivity contribution >= 4 is 11.9 Å². The Kier molecular flexibility index (Phi) is 7.03. The van der Waals surface area contributed by atoms with Gasteiger partial charge in [-0.25, -0.2) is 14.2 Å². The molecule has 0 N–H and O–H groups in total. The fraction of sp³-hybridized carbons (Fsp3) is 0.333. The quantitative estimate of drug-likeness (QED) is 0.350. The second-order valence-corrected chi connectivity index (χ2v) is 8.32. The minimum Gasteiger partial charge on any atom is -0.493 e. The lowest BCUT2D eigenvalue weighted by Gasteiger charge is -2.23. The van der Waals surface area contributed by atoms with Gasteiger partial charge in [-0.15, -0.1) is 0 Å². The van der Waals surface area contributed by atoms with Crippen molar-refractivity contribution in [3.63, 3.8) is 0 Å². The van der Waals surface area contributed by atoms with Gasteiger partial charge < -0.3 is 18.8 Å². The SMILES string of the molecule is CCOC(=O)c1c(-c2cccc(C(=O)N(C)OC)c2F)c(C)n2c1-c1cc(OC)c(OC)cc1CC2. The fourth-order valence-electron chi connectivity index (χ4n) is 4.75. The normalized spacial score (nSPS) is 12.0. The van der Waals surface area contributed by atoms with E-state index in [9.17, 15) is 9.59 Å². The van der Waals surface area contributed by atoms with E-state index in [1.54, 1.807) is 33.3 Å². The average molecular weight is 497 g/mol. The van der Waals surface area contributed by atoms with Gasteiger partial charge in [0, 0.05) is 36.0 Å². The topological polar surface area (TPSA) is 79.2 Å². The number of nitrogens with zero attached hydrogens (tertiary/aromatic N) is 2. The number of carbonyl (C=O) groups excluding carboxylic acids is 2. The number of fused-ring (bicyclic) bond motifs is 3. The van der Waals surface area contributed by atoms with Crippen LogP contribution < -0.4 is 9.47 Å². The lowest BCUT2D eigenvalue weighted by atomic mass is 9.92. The Labute approximate surface area is 209 Å². The van der Waals surface area contributed by atoms with Crippen LogP contribution >= 0.6 is 0 Å². The molecule has 0 spiro atoms. The van der Waals surface area contributed by atoms with E-state index in [-0.39, 0.29) is 23.3 Å². The van der Waals surface area contributed by atoms with Crippen LogP contribution in [0.2, 0.25) is 0 Å². The number of hydrogen-bond donors (Lipinski definition) is 0. The van der Waals surface area contributed by atoms with Crippen molar-refractivity contribution < 1.29 is 33.0 Å². The van der Waals surface area contributed by atoms with Crippen LogP contribution in [0.5, 0.6) is 11.5 Å². The van der Waals surface area contributed by atoms with Gasteiger partial charge in [-0.2, -0.15) is 0 Å². The third-order valence-corrected chi connectivity index (χ3v) is 6.53. The molecular formula is C27H29FN2O6. The molecule has 1 aliphatic rings. The van der Waals surface area contributed by atoms with Crippen molar-refractivity contribution in [1.82, 2.24) is 9.63 Å². The zero-order valence-corrected chi connectivity index (χ0v) is 21.2. The predicted molar refractivity (Wildman–Crippen MR) is 132 cm³/mol. The number of halogens is 1. The Morgan fingerprint density at radius 1 is 1.08 bits per heavy atom. The summed E-state index contributed by atoms with van der Waals surface area (Å²) in [4.78, 5) is 31.0. The molecule has 1 amide bonds. The highest BCUT2D eigenvalue weighted by molar-refractivity contribution is 6.06. The second-order valence-electron chi connectivity index (χ2n) is 8.32. The van der Waals surface area contributed by atoms with Gasteiger partial charge in [-0.1, -0.05) is 12.1 Å². The molecular weight excluding hydrogens is 467 g/mol. The van der Waals surface area contributed by atoms with Crippen LogP contribution in [0.1, 0.15) is 38.9 Å². The number of ether oxygens (including phenoxy) is 3. The molecule has 3 aromatic rings. The van der Waals surface area contributed by atoms with Gasteiger partial charge in [0.05, 0.1) is 44.8 Å². The summed E-state index contributed by atoms with van der Waals surface area (Å²) in [5.41, 5.74) is 3.66. The molecule has 0 saturated heterocycles. The number of aryl methyl sites for hydroxylation is 1. The summed E-state index contributed by atoms with van der Waals surface area (Å²) in [5.74, 6) is -0.849. The molecule has 8 nitrogen and oxygen atoms in total. The van der Waals surface area contributed by atoms with Crippen LogP contribution in [0.15, 0.2) is 30.3 Å². The van der Waals surface area contributed by atoms with Gasteiger partial charge in [0.2, 0.25) is 0 Å². The van der Waals surface area contributed by atoms with Crippen molar-refractivity contribution in [2.45, 2.75) is 26.8 Å². The highest BCUT2D eigenvalue weighted by atomic mass is 19.1. The Balaban J connectivity index is 2.03. The number of benzene rings is 2. The summed E-state index contributed by atoms with van der Waals surface area (Å²) in [7, 11) is 5.84. The van der Waals surface area contributed by atoms with Crippen LogP contribution in [-0.4, -0.2) is 56.5 Å². The molecule has 0 saturated carbocycles. The molecule has 9 heteroatoms. The van der Waals surface area contributed by atoms with E-state index >= 15 is 4.39 Å². The highest BCUT2D eigenvalue weighted by Crippen LogP contribution is 2.46. The smallest absolute Gasteiger partial charge is 0.340 e. The summed E-state index contributed by atoms with van der Waals surface area (Å²) in [6.45, 7) is 4.28. The Hall–Kier alpha value is -3.85. The number of carbonyl (C=O) groups is 2. The van der Waals surface area contributed by atoms with Crippen molar-refractivity contribution in [3.05, 3.63) is 58.5 Å². The van der Waals surface area contributed by atoms with Crippen molar-refractivity contribution in [2.75, 3.05) is 35.0 Å². The van der Waals surface area contributed by atoms with Gasteiger partial charge >= 0.3 is 5.97 Å². The maximum absolute atomic E-state index is 15.9. The second kappa shape index (κ2) is 10.0. The Morgan fingerprint density at radius 3 is 2.42 bits per heavy atom. The third kappa shape index (κ3) is 3.99. The van der Waals surface area contributed by atoms with Gasteiger partial charge in [-0.05, 0) is 44.0 Å². The van der Waals surface area contributed by atoms with E-state index in [1.165, 1.54) is 20.2 Å². The first-order valence-corrected chi connectivity index (χ1v) is 11.5. The lowest BCUT2D eigenvalue weighted by molar-refractivity contribution is -0.0759. The third-order valence-electron chi connectivity index (χ3n) is 6.53. The first kappa shape index (κ1) is 25.2. The molecule has 0 bridgehead atoms. The molecule has 2 aromatic carbocycles. The number of hydrogen-bond acceptors (Lipinski definition) is 6. The number of methoxy groups -OCH3 is 2. The number of esters is 1. The van der Waals surface area contributed by atoms with E-state index in [0.29, 0.717) is 41.4 Å². The van der Waals surface area contributed by atoms with Gasteiger partial charge in [0.15, 0.2) is 11.5 Å². The molecule has 0 fully saturated rings. The zero-order chi connectivity index (χ0) is 26.1. The lowest BCUT2D eigenvalue weighted by Crippen LogP contribution is -2.26. The molecule has 0 unspecified atom stereocenters. The molecule has 36 heavy (non-hydrogen) atoms. The van der Waals surface area contributed by atoms with E-state index in [2.05, 4.69) is 0 Å². The van der Waals surface area contributed by atoms with Crippen molar-refractivity contribution in [3.8, 4) is 33.9 Å². The van der Waals surface area contributed by atoms with Crippen LogP contribution in [0.4, 0.5) is 4.39 Å². The summed E-state index contributed by atoms with van der Waals surface area (Å²) < 4.78 is 34.3. The minimum atomic E-state index is -0.740. The van der Waals surface area contributed by atoms with Crippen LogP contribution in [-0.2, 0) is 22.5 Å². The van der Waals surface area contributed by atoms with Gasteiger partial charge in [0.25, 0.3) is 5.91 Å². The summed E-state index contributed by atoms with van der Waals surface area (Å²) in [6.07, 6.45) is 0.680. The van der Waals surface area contributed by atoms with Gasteiger partial charge in [0.1, 0.15) is 5.82 Å². The van der Waals surface area contributed by atoms with Crippen LogP contribution in [0, 0.1) is 12.7 Å². The molecule has 1 aromatic heterocycles. The number of aromatic nitrogens is 1. The molecule has 0 atom stereocenters. The number of amides is 1. The van der Waals surface area contributed by atoms with E-state index in [4.69, 9.17) is 19.0 Å². The predicted octanol–water partition coefficient (Wildman–Crippen LogP) is 4.65. The van der Waals surface area contributed by atoms with E-state index in [1.807, 2.05) is 23.6 Å². The summed E-state index contributed by atoms with van der Waals surface area (Å²) in [5, 5.41) is 0.946. The molecule has 4 rings (SSSR count). The van der Waals surface area contributed by atoms with E-state index < -0.39 is 17.7 Å². The molecule has 190 valence electrons. The van der Waals surface area contributed by atoms with Gasteiger partial charge in [-0.3, -0.25) is 9.63 Å². The zero-order valence-electron chi connectivity index (χ0n) is 21.2. The first-order chi connectivity index (χ1) is 17.3. The van der Waals surface area contributed by atoms with Crippen LogP contribution in [0.25, 0.3) is 22.4 Å². The number of hydroxylamine groups is 2. The highest BCUT2D eigenvalue weighted by Gasteiger charge is 2.34. The minimum absolute atomic E-state index is 0.134. The van der Waals surface area contributed by atoms with Crippen molar-refractivity contribution in [1.29, 1.82) is 0 Å². The number of rotatable bonds is 7. The summed E-state index contributed by atoms with van der Waals surface area (Å²) >= 11 is 0. The Morgan fingerprint density at radius 2 is 1.78 bits per heavy atom. The van der Waals surface area contributed by atoms with Crippen molar-refractivity contribution in [2.24, 2.45) is 0 Å². The first-order valence-electron chi connectivity index (χ1n) is 11.5. The average Bonchev–Trinajstić information content (AvgIpc) is 3.19. The van der Waals surface area contributed by atoms with Crippen LogP contribution in [0.3, 0.4) is 0 Å². The maximum atomic E-state index is 15.9. The molecule has 2 heterocycles. The standard InChI is InChI=1S/C27H29FN2O6/c1-7-36-27(32)23-22(17-9-8-10-18(24(17)28)26(31)29(3)35-6)15(2)30-12-11-16-13-20(33-4)21(34-5)14-19(16)25(23)30/h8-10,13-14H,7,11-12H2,1-6H3. The maximum Gasteiger partial charge on any atom is 0.340 e. The van der Waals surface area contributed by atoms with E-state index in [0.717, 1.165) is 16.2 Å². The monoisotopic (exact) mass is 496 g/mol.